The Labute approximate surface area is 183 Å². The molecule has 2 N–H and O–H groups in total. The zero-order chi connectivity index (χ0) is 21.2. The molecule has 0 radical (unpaired) electrons. The van der Waals surface area contributed by atoms with E-state index in [2.05, 4.69) is 60.8 Å². The standard InChI is InChI=1S/C28H27NO2/c1-28(27(31)29-24-14-17-8-2-3-9-18(17)15-25(24)30)16-23-19-10-4-6-12-21(19)26(28)22-13-7-5-11-20(22)23/h4-7,10-15,23,26,30H,2-3,8-9,16H2,1H3,(H,29,31). The van der Waals surface area contributed by atoms with Gasteiger partial charge in [-0.05, 0) is 84.5 Å². The molecule has 4 aliphatic rings. The summed E-state index contributed by atoms with van der Waals surface area (Å²) in [6.45, 7) is 2.10. The fourth-order valence-corrected chi connectivity index (χ4v) is 6.33. The van der Waals surface area contributed by atoms with Crippen LogP contribution < -0.4 is 5.32 Å². The van der Waals surface area contributed by atoms with Gasteiger partial charge >= 0.3 is 0 Å². The van der Waals surface area contributed by atoms with E-state index >= 15 is 0 Å². The van der Waals surface area contributed by atoms with E-state index in [0.717, 1.165) is 25.7 Å². The quantitative estimate of drug-likeness (QED) is 0.518. The van der Waals surface area contributed by atoms with Crippen molar-refractivity contribution in [1.82, 2.24) is 0 Å². The molecule has 4 aliphatic carbocycles. The second kappa shape index (κ2) is 6.71. The minimum atomic E-state index is -0.574. The zero-order valence-corrected chi connectivity index (χ0v) is 17.8. The maximum atomic E-state index is 13.8. The summed E-state index contributed by atoms with van der Waals surface area (Å²) >= 11 is 0. The number of nitrogens with one attached hydrogen (secondary N) is 1. The highest BCUT2D eigenvalue weighted by atomic mass is 16.3. The largest absolute Gasteiger partial charge is 0.506 e. The third kappa shape index (κ3) is 2.69. The van der Waals surface area contributed by atoms with E-state index in [1.807, 2.05) is 12.1 Å². The van der Waals surface area contributed by atoms with Gasteiger partial charge in [0.25, 0.3) is 0 Å². The summed E-state index contributed by atoms with van der Waals surface area (Å²) in [5.74, 6) is 0.423. The molecule has 3 heteroatoms. The molecule has 1 amide bonds. The lowest BCUT2D eigenvalue weighted by Gasteiger charge is -2.50. The van der Waals surface area contributed by atoms with E-state index in [1.54, 1.807) is 0 Å². The molecular weight excluding hydrogens is 382 g/mol. The highest BCUT2D eigenvalue weighted by Gasteiger charge is 2.53. The summed E-state index contributed by atoms with van der Waals surface area (Å²) in [7, 11) is 0. The number of hydrogen-bond acceptors (Lipinski definition) is 2. The first-order valence-electron chi connectivity index (χ1n) is 11.4. The van der Waals surface area contributed by atoms with Gasteiger partial charge in [0.2, 0.25) is 5.91 Å². The summed E-state index contributed by atoms with van der Waals surface area (Å²) in [4.78, 5) is 13.8. The van der Waals surface area contributed by atoms with Crippen molar-refractivity contribution in [2.24, 2.45) is 5.41 Å². The Bertz CT molecular complexity index is 1170. The van der Waals surface area contributed by atoms with Gasteiger partial charge < -0.3 is 10.4 Å². The van der Waals surface area contributed by atoms with Gasteiger partial charge in [-0.2, -0.15) is 0 Å². The van der Waals surface area contributed by atoms with Gasteiger partial charge in [-0.3, -0.25) is 4.79 Å². The van der Waals surface area contributed by atoms with E-state index < -0.39 is 5.41 Å². The maximum Gasteiger partial charge on any atom is 0.231 e. The fraction of sp³-hybridized carbons (Fsp3) is 0.321. The number of phenolic OH excluding ortho intramolecular Hbond substituents is 1. The van der Waals surface area contributed by atoms with Crippen LogP contribution in [0.25, 0.3) is 0 Å². The van der Waals surface area contributed by atoms with Crippen molar-refractivity contribution in [3.8, 4) is 5.75 Å². The molecule has 7 rings (SSSR count). The van der Waals surface area contributed by atoms with Crippen LogP contribution in [0.5, 0.6) is 5.75 Å². The molecule has 0 aliphatic heterocycles. The number of fused-ring (bicyclic) bond motifs is 2. The molecule has 0 saturated heterocycles. The Morgan fingerprint density at radius 2 is 1.45 bits per heavy atom. The predicted molar refractivity (Wildman–Crippen MR) is 123 cm³/mol. The average molecular weight is 410 g/mol. The molecule has 3 aromatic rings. The van der Waals surface area contributed by atoms with E-state index in [9.17, 15) is 9.90 Å². The van der Waals surface area contributed by atoms with Crippen molar-refractivity contribution < 1.29 is 9.90 Å². The number of anilines is 1. The molecule has 156 valence electrons. The molecular formula is C28H27NO2. The molecule has 2 bridgehead atoms. The maximum absolute atomic E-state index is 13.8. The SMILES string of the molecule is CC1(C(=O)Nc2cc3c(cc2O)CCCC3)CC2c3ccccc3C1c1ccccc12. The molecule has 0 aromatic heterocycles. The van der Waals surface area contributed by atoms with Crippen molar-refractivity contribution in [3.63, 3.8) is 0 Å². The number of aromatic hydroxyl groups is 1. The van der Waals surface area contributed by atoms with E-state index in [-0.39, 0.29) is 23.5 Å². The normalized spacial score (nSPS) is 25.3. The second-order valence-corrected chi connectivity index (χ2v) is 9.66. The summed E-state index contributed by atoms with van der Waals surface area (Å²) in [6.07, 6.45) is 5.13. The number of carbonyl (C=O) groups excluding carboxylic acids is 1. The van der Waals surface area contributed by atoms with Gasteiger partial charge in [0, 0.05) is 11.8 Å². The Balaban J connectivity index is 1.41. The topological polar surface area (TPSA) is 49.3 Å². The Kier molecular flexibility index (Phi) is 4.05. The number of amides is 1. The first kappa shape index (κ1) is 18.7. The van der Waals surface area contributed by atoms with E-state index in [1.165, 1.54) is 39.8 Å². The number of aryl methyl sites for hydroxylation is 2. The van der Waals surface area contributed by atoms with Crippen LogP contribution in [0.15, 0.2) is 60.7 Å². The van der Waals surface area contributed by atoms with Gasteiger partial charge in [-0.1, -0.05) is 48.5 Å². The van der Waals surface area contributed by atoms with Crippen LogP contribution in [0.2, 0.25) is 0 Å². The number of hydrogen-bond donors (Lipinski definition) is 2. The van der Waals surface area contributed by atoms with Crippen molar-refractivity contribution in [3.05, 3.63) is 94.0 Å². The van der Waals surface area contributed by atoms with Crippen LogP contribution in [0.3, 0.4) is 0 Å². The first-order valence-corrected chi connectivity index (χ1v) is 11.4. The molecule has 0 spiro atoms. The summed E-state index contributed by atoms with van der Waals surface area (Å²) < 4.78 is 0. The van der Waals surface area contributed by atoms with E-state index in [4.69, 9.17) is 0 Å². The van der Waals surface area contributed by atoms with Crippen LogP contribution in [0.1, 0.15) is 71.4 Å². The van der Waals surface area contributed by atoms with Crippen molar-refractivity contribution in [2.45, 2.75) is 50.9 Å². The lowest BCUT2D eigenvalue weighted by molar-refractivity contribution is -0.126. The summed E-state index contributed by atoms with van der Waals surface area (Å²) in [5.41, 5.74) is 7.69. The Hall–Kier alpha value is -3.07. The third-order valence-electron chi connectivity index (χ3n) is 7.86. The average Bonchev–Trinajstić information content (AvgIpc) is 2.79. The Morgan fingerprint density at radius 1 is 0.903 bits per heavy atom. The van der Waals surface area contributed by atoms with Crippen LogP contribution in [-0.4, -0.2) is 11.0 Å². The minimum absolute atomic E-state index is 0.00225. The van der Waals surface area contributed by atoms with Gasteiger partial charge in [0.1, 0.15) is 5.75 Å². The molecule has 0 heterocycles. The number of rotatable bonds is 2. The van der Waals surface area contributed by atoms with Crippen molar-refractivity contribution in [2.75, 3.05) is 5.32 Å². The molecule has 1 unspecified atom stereocenters. The number of carbonyl (C=O) groups is 1. The monoisotopic (exact) mass is 409 g/mol. The van der Waals surface area contributed by atoms with Crippen LogP contribution >= 0.6 is 0 Å². The number of phenols is 1. The summed E-state index contributed by atoms with van der Waals surface area (Å²) in [6, 6.07) is 21.0. The van der Waals surface area contributed by atoms with Gasteiger partial charge in [0.15, 0.2) is 0 Å². The lowest BCUT2D eigenvalue weighted by Crippen LogP contribution is -2.47. The molecule has 0 saturated carbocycles. The van der Waals surface area contributed by atoms with Crippen molar-refractivity contribution in [1.29, 1.82) is 0 Å². The minimum Gasteiger partial charge on any atom is -0.506 e. The Morgan fingerprint density at radius 3 is 2.06 bits per heavy atom. The fourth-order valence-electron chi connectivity index (χ4n) is 6.33. The molecule has 0 fully saturated rings. The van der Waals surface area contributed by atoms with Crippen LogP contribution in [0.4, 0.5) is 5.69 Å². The van der Waals surface area contributed by atoms with Crippen molar-refractivity contribution >= 4 is 11.6 Å². The highest BCUT2D eigenvalue weighted by Crippen LogP contribution is 2.61. The van der Waals surface area contributed by atoms with Gasteiger partial charge in [0.05, 0.1) is 11.1 Å². The first-order chi connectivity index (χ1) is 15.1. The molecule has 3 nitrogen and oxygen atoms in total. The lowest BCUT2D eigenvalue weighted by atomic mass is 9.52. The second-order valence-electron chi connectivity index (χ2n) is 9.66. The summed E-state index contributed by atoms with van der Waals surface area (Å²) in [5, 5.41) is 13.8. The third-order valence-corrected chi connectivity index (χ3v) is 7.86. The van der Waals surface area contributed by atoms with Crippen LogP contribution in [0, 0.1) is 5.41 Å². The van der Waals surface area contributed by atoms with Crippen LogP contribution in [-0.2, 0) is 17.6 Å². The zero-order valence-electron chi connectivity index (χ0n) is 17.8. The van der Waals surface area contributed by atoms with Gasteiger partial charge in [-0.15, -0.1) is 0 Å². The predicted octanol–water partition coefficient (Wildman–Crippen LogP) is 5.90. The molecule has 1 atom stereocenters. The van der Waals surface area contributed by atoms with E-state index in [0.29, 0.717) is 5.69 Å². The number of benzene rings is 3. The smallest absolute Gasteiger partial charge is 0.231 e. The molecule has 31 heavy (non-hydrogen) atoms. The van der Waals surface area contributed by atoms with Gasteiger partial charge in [-0.25, -0.2) is 0 Å². The molecule has 3 aromatic carbocycles. The highest BCUT2D eigenvalue weighted by molar-refractivity contribution is 5.98.